The SMILES string of the molecule is OC(CN=C1CCN(CCCOc2ccccc2)CC1)(Cn1cncn1)c1ccc(F)cc1F. The van der Waals surface area contributed by atoms with Gasteiger partial charge in [0.1, 0.15) is 35.6 Å². The third-order valence-electron chi connectivity index (χ3n) is 5.95. The van der Waals surface area contributed by atoms with Gasteiger partial charge >= 0.3 is 0 Å². The second kappa shape index (κ2) is 11.3. The molecule has 2 heterocycles. The van der Waals surface area contributed by atoms with Crippen molar-refractivity contribution in [2.24, 2.45) is 4.99 Å². The van der Waals surface area contributed by atoms with Crippen LogP contribution in [-0.2, 0) is 12.1 Å². The van der Waals surface area contributed by atoms with Crippen LogP contribution in [0.25, 0.3) is 0 Å². The lowest BCUT2D eigenvalue weighted by molar-refractivity contribution is 0.0208. The van der Waals surface area contributed by atoms with Crippen molar-refractivity contribution < 1.29 is 18.6 Å². The van der Waals surface area contributed by atoms with Crippen LogP contribution < -0.4 is 4.74 Å². The van der Waals surface area contributed by atoms with E-state index in [9.17, 15) is 13.9 Å². The quantitative estimate of drug-likeness (QED) is 0.461. The molecule has 1 saturated heterocycles. The van der Waals surface area contributed by atoms with Gasteiger partial charge in [0.15, 0.2) is 0 Å². The first-order valence-electron chi connectivity index (χ1n) is 11.4. The number of hydrogen-bond donors (Lipinski definition) is 1. The molecule has 4 rings (SSSR count). The summed E-state index contributed by atoms with van der Waals surface area (Å²) in [6.45, 7) is 3.26. The number of likely N-dealkylation sites (tertiary alicyclic amines) is 1. The third kappa shape index (κ3) is 6.45. The molecule has 0 bridgehead atoms. The van der Waals surface area contributed by atoms with Crippen LogP contribution in [-0.4, -0.2) is 63.3 Å². The lowest BCUT2D eigenvalue weighted by Gasteiger charge is -2.30. The fourth-order valence-corrected chi connectivity index (χ4v) is 4.10. The zero-order valence-corrected chi connectivity index (χ0v) is 19.0. The summed E-state index contributed by atoms with van der Waals surface area (Å²) in [7, 11) is 0. The molecule has 0 saturated carbocycles. The van der Waals surface area contributed by atoms with Crippen LogP contribution in [0.5, 0.6) is 5.75 Å². The third-order valence-corrected chi connectivity index (χ3v) is 5.95. The van der Waals surface area contributed by atoms with Gasteiger partial charge in [-0.05, 0) is 37.5 Å². The van der Waals surface area contributed by atoms with Gasteiger partial charge in [0, 0.05) is 37.0 Å². The van der Waals surface area contributed by atoms with Crippen molar-refractivity contribution in [3.8, 4) is 5.75 Å². The zero-order valence-electron chi connectivity index (χ0n) is 19.0. The van der Waals surface area contributed by atoms with Gasteiger partial charge in [-0.25, -0.2) is 18.4 Å². The average molecular weight is 470 g/mol. The molecule has 1 aliphatic heterocycles. The lowest BCUT2D eigenvalue weighted by atomic mass is 9.92. The summed E-state index contributed by atoms with van der Waals surface area (Å²) in [5.74, 6) is -0.626. The summed E-state index contributed by atoms with van der Waals surface area (Å²) in [5, 5.41) is 15.4. The molecular weight excluding hydrogens is 440 g/mol. The Balaban J connectivity index is 1.31. The molecule has 0 amide bonds. The Morgan fingerprint density at radius 3 is 2.59 bits per heavy atom. The highest BCUT2D eigenvalue weighted by molar-refractivity contribution is 5.85. The number of para-hydroxylation sites is 1. The van der Waals surface area contributed by atoms with Crippen molar-refractivity contribution in [3.63, 3.8) is 0 Å². The van der Waals surface area contributed by atoms with Crippen molar-refractivity contribution in [1.29, 1.82) is 0 Å². The first-order chi connectivity index (χ1) is 16.5. The highest BCUT2D eigenvalue weighted by Gasteiger charge is 2.33. The highest BCUT2D eigenvalue weighted by atomic mass is 19.1. The number of ether oxygens (including phenoxy) is 1. The van der Waals surface area contributed by atoms with E-state index < -0.39 is 17.2 Å². The molecule has 7 nitrogen and oxygen atoms in total. The fourth-order valence-electron chi connectivity index (χ4n) is 4.10. The van der Waals surface area contributed by atoms with E-state index >= 15 is 0 Å². The summed E-state index contributed by atoms with van der Waals surface area (Å²) in [4.78, 5) is 10.9. The number of benzene rings is 2. The van der Waals surface area contributed by atoms with E-state index in [2.05, 4.69) is 20.0 Å². The van der Waals surface area contributed by atoms with Crippen LogP contribution in [0.2, 0.25) is 0 Å². The number of rotatable bonds is 10. The second-order valence-corrected chi connectivity index (χ2v) is 8.49. The average Bonchev–Trinajstić information content (AvgIpc) is 3.34. The Morgan fingerprint density at radius 1 is 1.09 bits per heavy atom. The normalized spacial score (nSPS) is 16.3. The number of halogens is 2. The van der Waals surface area contributed by atoms with Crippen molar-refractivity contribution in [2.75, 3.05) is 32.8 Å². The van der Waals surface area contributed by atoms with Gasteiger partial charge in [-0.2, -0.15) is 5.10 Å². The predicted octanol–water partition coefficient (Wildman–Crippen LogP) is 3.45. The number of hydrogen-bond acceptors (Lipinski definition) is 6. The van der Waals surface area contributed by atoms with Crippen molar-refractivity contribution >= 4 is 5.71 Å². The number of piperidine rings is 1. The van der Waals surface area contributed by atoms with Crippen LogP contribution >= 0.6 is 0 Å². The molecule has 1 atom stereocenters. The minimum absolute atomic E-state index is 0.00963. The molecule has 1 aliphatic rings. The van der Waals surface area contributed by atoms with Crippen LogP contribution in [0.15, 0.2) is 66.2 Å². The zero-order chi connectivity index (χ0) is 23.8. The van der Waals surface area contributed by atoms with Crippen LogP contribution in [0.3, 0.4) is 0 Å². The molecule has 1 N–H and O–H groups in total. The molecule has 3 aromatic rings. The van der Waals surface area contributed by atoms with Crippen molar-refractivity contribution in [3.05, 3.63) is 78.4 Å². The Bertz CT molecular complexity index is 1070. The predicted molar refractivity (Wildman–Crippen MR) is 125 cm³/mol. The maximum atomic E-state index is 14.5. The van der Waals surface area contributed by atoms with E-state index in [1.807, 2.05) is 30.3 Å². The summed E-state index contributed by atoms with van der Waals surface area (Å²) >= 11 is 0. The standard InChI is InChI=1S/C25H29F2N5O2/c26-20-7-8-23(24(27)15-20)25(33,17-32-19-28-18-30-32)16-29-21-9-12-31(13-10-21)11-4-14-34-22-5-2-1-3-6-22/h1-3,5-8,15,18-19,33H,4,9-14,16-17H2. The molecule has 0 aliphatic carbocycles. The number of aliphatic imine (C=N–C) groups is 1. The first kappa shape index (κ1) is 24.0. The molecule has 1 unspecified atom stereocenters. The fraction of sp³-hybridized carbons (Fsp3) is 0.400. The Hall–Kier alpha value is -3.17. The van der Waals surface area contributed by atoms with Gasteiger partial charge in [-0.1, -0.05) is 24.3 Å². The Morgan fingerprint density at radius 2 is 1.88 bits per heavy atom. The van der Waals surface area contributed by atoms with E-state index in [4.69, 9.17) is 4.74 Å². The monoisotopic (exact) mass is 469 g/mol. The van der Waals surface area contributed by atoms with Crippen molar-refractivity contribution in [2.45, 2.75) is 31.4 Å². The summed E-state index contributed by atoms with van der Waals surface area (Å²) in [5.41, 5.74) is -0.703. The molecule has 0 spiro atoms. The van der Waals surface area contributed by atoms with Gasteiger partial charge < -0.3 is 14.7 Å². The van der Waals surface area contributed by atoms with E-state index in [1.165, 1.54) is 23.4 Å². The number of nitrogens with zero attached hydrogens (tertiary/aromatic N) is 5. The van der Waals surface area contributed by atoms with E-state index in [0.29, 0.717) is 6.61 Å². The van der Waals surface area contributed by atoms with Gasteiger partial charge in [0.2, 0.25) is 0 Å². The molecule has 0 radical (unpaired) electrons. The highest BCUT2D eigenvalue weighted by Crippen LogP contribution is 2.27. The maximum absolute atomic E-state index is 14.5. The van der Waals surface area contributed by atoms with Crippen LogP contribution in [0.4, 0.5) is 8.78 Å². The topological polar surface area (TPSA) is 75.8 Å². The maximum Gasteiger partial charge on any atom is 0.137 e. The summed E-state index contributed by atoms with van der Waals surface area (Å²) in [6, 6.07) is 13.0. The van der Waals surface area contributed by atoms with E-state index in [-0.39, 0.29) is 18.7 Å². The van der Waals surface area contributed by atoms with Gasteiger partial charge in [-0.3, -0.25) is 4.99 Å². The molecular formula is C25H29F2N5O2. The van der Waals surface area contributed by atoms with Gasteiger partial charge in [-0.15, -0.1) is 0 Å². The molecule has 9 heteroatoms. The summed E-state index contributed by atoms with van der Waals surface area (Å²) in [6.07, 6.45) is 5.28. The summed E-state index contributed by atoms with van der Waals surface area (Å²) < 4.78 is 35.1. The minimum atomic E-state index is -1.68. The van der Waals surface area contributed by atoms with Crippen LogP contribution in [0, 0.1) is 11.6 Å². The molecule has 1 fully saturated rings. The molecule has 2 aromatic carbocycles. The number of aliphatic hydroxyl groups is 1. The largest absolute Gasteiger partial charge is 0.494 e. The van der Waals surface area contributed by atoms with Crippen molar-refractivity contribution in [1.82, 2.24) is 19.7 Å². The molecule has 180 valence electrons. The van der Waals surface area contributed by atoms with E-state index in [0.717, 1.165) is 62.5 Å². The smallest absolute Gasteiger partial charge is 0.137 e. The van der Waals surface area contributed by atoms with E-state index in [1.54, 1.807) is 0 Å². The van der Waals surface area contributed by atoms with Gasteiger partial charge in [0.25, 0.3) is 0 Å². The lowest BCUT2D eigenvalue weighted by Crippen LogP contribution is -2.38. The second-order valence-electron chi connectivity index (χ2n) is 8.49. The van der Waals surface area contributed by atoms with Gasteiger partial charge in [0.05, 0.1) is 19.7 Å². The first-order valence-corrected chi connectivity index (χ1v) is 11.4. The number of aromatic nitrogens is 3. The molecule has 34 heavy (non-hydrogen) atoms. The Labute approximate surface area is 197 Å². The minimum Gasteiger partial charge on any atom is -0.494 e. The Kier molecular flexibility index (Phi) is 7.97. The molecule has 1 aromatic heterocycles. The van der Waals surface area contributed by atoms with Crippen LogP contribution in [0.1, 0.15) is 24.8 Å².